The molecule has 1 aliphatic rings. The lowest BCUT2D eigenvalue weighted by atomic mass is 10.2. The molecule has 0 spiro atoms. The summed E-state index contributed by atoms with van der Waals surface area (Å²) in [5.74, 6) is 2.62. The lowest BCUT2D eigenvalue weighted by Crippen LogP contribution is -2.26. The fourth-order valence-corrected chi connectivity index (χ4v) is 1.98. The largest absolute Gasteiger partial charge is 0.368 e. The summed E-state index contributed by atoms with van der Waals surface area (Å²) < 4.78 is 0. The van der Waals surface area contributed by atoms with E-state index in [4.69, 9.17) is 6.42 Å². The average molecular weight is 186 g/mol. The molecule has 2 rings (SSSR count). The van der Waals surface area contributed by atoms with E-state index in [2.05, 4.69) is 22.7 Å². The molecule has 14 heavy (non-hydrogen) atoms. The number of nitrogens with zero attached hydrogens (tertiary/aromatic N) is 2. The van der Waals surface area contributed by atoms with E-state index in [9.17, 15) is 0 Å². The van der Waals surface area contributed by atoms with Crippen LogP contribution >= 0.6 is 0 Å². The van der Waals surface area contributed by atoms with Crippen LogP contribution < -0.4 is 4.90 Å². The maximum atomic E-state index is 5.34. The van der Waals surface area contributed by atoms with Crippen molar-refractivity contribution in [2.24, 2.45) is 0 Å². The van der Waals surface area contributed by atoms with Gasteiger partial charge >= 0.3 is 0 Å². The van der Waals surface area contributed by atoms with Gasteiger partial charge in [0.1, 0.15) is 0 Å². The molecular formula is C12H14N2. The highest BCUT2D eigenvalue weighted by Crippen LogP contribution is 2.24. The molecule has 0 bridgehead atoms. The van der Waals surface area contributed by atoms with Crippen molar-refractivity contribution in [1.29, 1.82) is 0 Å². The minimum absolute atomic E-state index is 0.616. The van der Waals surface area contributed by atoms with Gasteiger partial charge in [-0.1, -0.05) is 5.92 Å². The van der Waals surface area contributed by atoms with Gasteiger partial charge in [-0.05, 0) is 25.8 Å². The van der Waals surface area contributed by atoms with Gasteiger partial charge < -0.3 is 4.90 Å². The Morgan fingerprint density at radius 2 is 2.43 bits per heavy atom. The van der Waals surface area contributed by atoms with Gasteiger partial charge in [0, 0.05) is 24.3 Å². The maximum Gasteiger partial charge on any atom is 0.0567 e. The van der Waals surface area contributed by atoms with Crippen LogP contribution in [0, 0.1) is 12.3 Å². The molecule has 1 saturated heterocycles. The number of aromatic nitrogens is 1. The van der Waals surface area contributed by atoms with Crippen molar-refractivity contribution in [2.45, 2.75) is 25.8 Å². The summed E-state index contributed by atoms with van der Waals surface area (Å²) >= 11 is 0. The van der Waals surface area contributed by atoms with Gasteiger partial charge in [-0.3, -0.25) is 4.98 Å². The van der Waals surface area contributed by atoms with Crippen molar-refractivity contribution < 1.29 is 0 Å². The van der Waals surface area contributed by atoms with E-state index in [0.717, 1.165) is 17.8 Å². The minimum atomic E-state index is 0.616. The predicted octanol–water partition coefficient (Wildman–Crippen LogP) is 2.05. The summed E-state index contributed by atoms with van der Waals surface area (Å²) in [6, 6.07) is 2.65. The van der Waals surface area contributed by atoms with Gasteiger partial charge in [0.25, 0.3) is 0 Å². The number of anilines is 1. The van der Waals surface area contributed by atoms with Crippen molar-refractivity contribution in [1.82, 2.24) is 4.98 Å². The fourth-order valence-electron chi connectivity index (χ4n) is 1.98. The van der Waals surface area contributed by atoms with E-state index < -0.39 is 0 Å². The topological polar surface area (TPSA) is 16.1 Å². The molecule has 0 unspecified atom stereocenters. The number of terminal acetylenes is 1. The molecule has 72 valence electrons. The third kappa shape index (κ3) is 1.58. The smallest absolute Gasteiger partial charge is 0.0567 e. The summed E-state index contributed by atoms with van der Waals surface area (Å²) in [6.45, 7) is 3.37. The van der Waals surface area contributed by atoms with Crippen molar-refractivity contribution >= 4 is 5.69 Å². The van der Waals surface area contributed by atoms with Crippen LogP contribution in [0.2, 0.25) is 0 Å². The van der Waals surface area contributed by atoms with E-state index in [-0.39, 0.29) is 0 Å². The summed E-state index contributed by atoms with van der Waals surface area (Å²) in [6.07, 6.45) is 11.5. The molecule has 1 aliphatic heterocycles. The molecule has 0 aromatic carbocycles. The number of hydrogen-bond acceptors (Lipinski definition) is 2. The first-order valence-corrected chi connectivity index (χ1v) is 4.99. The second-order valence-electron chi connectivity index (χ2n) is 3.76. The molecule has 1 aromatic rings. The van der Waals surface area contributed by atoms with Crippen molar-refractivity contribution in [3.8, 4) is 12.3 Å². The molecule has 1 fully saturated rings. The molecule has 2 heteroatoms. The Balaban J connectivity index is 2.28. The monoisotopic (exact) mass is 186 g/mol. The van der Waals surface area contributed by atoms with E-state index in [1.165, 1.54) is 12.8 Å². The van der Waals surface area contributed by atoms with Gasteiger partial charge in [0.05, 0.1) is 11.9 Å². The highest BCUT2D eigenvalue weighted by Gasteiger charge is 2.20. The van der Waals surface area contributed by atoms with Crippen LogP contribution in [-0.2, 0) is 0 Å². The van der Waals surface area contributed by atoms with E-state index in [1.807, 2.05) is 12.3 Å². The van der Waals surface area contributed by atoms with Gasteiger partial charge in [-0.25, -0.2) is 0 Å². The van der Waals surface area contributed by atoms with Gasteiger partial charge in [-0.2, -0.15) is 0 Å². The summed E-state index contributed by atoms with van der Waals surface area (Å²) in [5, 5.41) is 0. The van der Waals surface area contributed by atoms with Crippen molar-refractivity contribution in [3.63, 3.8) is 0 Å². The molecule has 0 aliphatic carbocycles. The minimum Gasteiger partial charge on any atom is -0.368 e. The third-order valence-electron chi connectivity index (χ3n) is 2.78. The molecular weight excluding hydrogens is 172 g/mol. The Bertz CT molecular complexity index is 365. The Morgan fingerprint density at radius 3 is 3.07 bits per heavy atom. The van der Waals surface area contributed by atoms with Crippen LogP contribution in [0.3, 0.4) is 0 Å². The van der Waals surface area contributed by atoms with Crippen LogP contribution in [0.5, 0.6) is 0 Å². The standard InChI is InChI=1S/C12H14N2/c1-3-11-7-12(9-13-8-11)14-6-4-5-10(14)2/h1,7-10H,4-6H2,2H3/t10-/m0/s1. The van der Waals surface area contributed by atoms with Crippen LogP contribution in [-0.4, -0.2) is 17.6 Å². The van der Waals surface area contributed by atoms with Crippen LogP contribution in [0.1, 0.15) is 25.3 Å². The van der Waals surface area contributed by atoms with Gasteiger partial charge in [-0.15, -0.1) is 6.42 Å². The van der Waals surface area contributed by atoms with Gasteiger partial charge in [0.2, 0.25) is 0 Å². The fraction of sp³-hybridized carbons (Fsp3) is 0.417. The molecule has 2 heterocycles. The van der Waals surface area contributed by atoms with E-state index >= 15 is 0 Å². The summed E-state index contributed by atoms with van der Waals surface area (Å²) in [4.78, 5) is 6.52. The zero-order chi connectivity index (χ0) is 9.97. The number of pyridine rings is 1. The molecule has 1 atom stereocenters. The predicted molar refractivity (Wildman–Crippen MR) is 58.2 cm³/mol. The first-order chi connectivity index (χ1) is 6.81. The second-order valence-corrected chi connectivity index (χ2v) is 3.76. The average Bonchev–Trinajstić information content (AvgIpc) is 2.65. The molecule has 2 nitrogen and oxygen atoms in total. The zero-order valence-corrected chi connectivity index (χ0v) is 8.40. The molecule has 0 N–H and O–H groups in total. The first kappa shape index (κ1) is 9.08. The van der Waals surface area contributed by atoms with Gasteiger partial charge in [0.15, 0.2) is 0 Å². The molecule has 0 amide bonds. The second kappa shape index (κ2) is 3.71. The highest BCUT2D eigenvalue weighted by molar-refractivity contribution is 5.51. The lowest BCUT2D eigenvalue weighted by molar-refractivity contribution is 0.734. The molecule has 0 saturated carbocycles. The van der Waals surface area contributed by atoms with E-state index in [1.54, 1.807) is 6.20 Å². The Labute approximate surface area is 85.0 Å². The molecule has 0 radical (unpaired) electrons. The Hall–Kier alpha value is -1.49. The molecule has 1 aromatic heterocycles. The Morgan fingerprint density at radius 1 is 1.57 bits per heavy atom. The first-order valence-electron chi connectivity index (χ1n) is 4.99. The van der Waals surface area contributed by atoms with Crippen LogP contribution in [0.4, 0.5) is 5.69 Å². The highest BCUT2D eigenvalue weighted by atomic mass is 15.2. The summed E-state index contributed by atoms with van der Waals surface area (Å²) in [5.41, 5.74) is 2.02. The zero-order valence-electron chi connectivity index (χ0n) is 8.40. The van der Waals surface area contributed by atoms with Crippen molar-refractivity contribution in [3.05, 3.63) is 24.0 Å². The third-order valence-corrected chi connectivity index (χ3v) is 2.78. The lowest BCUT2D eigenvalue weighted by Gasteiger charge is -2.23. The van der Waals surface area contributed by atoms with E-state index in [0.29, 0.717) is 6.04 Å². The maximum absolute atomic E-state index is 5.34. The summed E-state index contributed by atoms with van der Waals surface area (Å²) in [7, 11) is 0. The van der Waals surface area contributed by atoms with Crippen molar-refractivity contribution in [2.75, 3.05) is 11.4 Å². The SMILES string of the molecule is C#Cc1cncc(N2CCC[C@@H]2C)c1. The quantitative estimate of drug-likeness (QED) is 0.624. The number of rotatable bonds is 1. The van der Waals surface area contributed by atoms with Crippen LogP contribution in [0.15, 0.2) is 18.5 Å². The normalized spacial score (nSPS) is 20.9. The Kier molecular flexibility index (Phi) is 2.41. The van der Waals surface area contributed by atoms with Crippen LogP contribution in [0.25, 0.3) is 0 Å². The number of hydrogen-bond donors (Lipinski definition) is 0.